The molecule has 0 amide bonds. The molecule has 2 aromatic carbocycles. The number of cyclic esters (lactones) is 1. The molecular formula is C22H23NO5. The van der Waals surface area contributed by atoms with Crippen molar-refractivity contribution >= 4 is 17.9 Å². The van der Waals surface area contributed by atoms with E-state index in [1.165, 1.54) is 0 Å². The third-order valence-electron chi connectivity index (χ3n) is 3.92. The smallest absolute Gasteiger partial charge is 0.363 e. The van der Waals surface area contributed by atoms with E-state index in [1.807, 2.05) is 45.0 Å². The van der Waals surface area contributed by atoms with Crippen LogP contribution in [-0.2, 0) is 9.53 Å². The summed E-state index contributed by atoms with van der Waals surface area (Å²) in [6.07, 6.45) is 1.67. The van der Waals surface area contributed by atoms with Gasteiger partial charge in [-0.25, -0.2) is 9.79 Å². The van der Waals surface area contributed by atoms with Gasteiger partial charge >= 0.3 is 5.97 Å². The molecule has 0 radical (unpaired) electrons. The van der Waals surface area contributed by atoms with Crippen LogP contribution in [0.15, 0.2) is 53.2 Å². The molecular weight excluding hydrogens is 358 g/mol. The molecule has 0 saturated heterocycles. The van der Waals surface area contributed by atoms with Crippen molar-refractivity contribution in [3.63, 3.8) is 0 Å². The van der Waals surface area contributed by atoms with Crippen LogP contribution in [0.2, 0.25) is 0 Å². The summed E-state index contributed by atoms with van der Waals surface area (Å²) in [5.41, 5.74) is 1.62. The van der Waals surface area contributed by atoms with E-state index in [4.69, 9.17) is 18.9 Å². The molecule has 6 heteroatoms. The fraction of sp³-hybridized carbons (Fsp3) is 0.273. The van der Waals surface area contributed by atoms with Crippen LogP contribution < -0.4 is 14.2 Å². The Morgan fingerprint density at radius 2 is 1.57 bits per heavy atom. The van der Waals surface area contributed by atoms with Gasteiger partial charge < -0.3 is 18.9 Å². The lowest BCUT2D eigenvalue weighted by molar-refractivity contribution is -0.129. The second-order valence-corrected chi connectivity index (χ2v) is 5.83. The van der Waals surface area contributed by atoms with Crippen LogP contribution in [0.4, 0.5) is 0 Å². The number of esters is 1. The van der Waals surface area contributed by atoms with Gasteiger partial charge in [0, 0.05) is 11.1 Å². The fourth-order valence-electron chi connectivity index (χ4n) is 2.75. The zero-order valence-corrected chi connectivity index (χ0v) is 16.2. The van der Waals surface area contributed by atoms with Crippen molar-refractivity contribution in [2.24, 2.45) is 4.99 Å². The Morgan fingerprint density at radius 1 is 0.893 bits per heavy atom. The summed E-state index contributed by atoms with van der Waals surface area (Å²) in [5.74, 6) is 1.63. The first kappa shape index (κ1) is 19.5. The van der Waals surface area contributed by atoms with Gasteiger partial charge in [-0.2, -0.15) is 0 Å². The van der Waals surface area contributed by atoms with E-state index in [-0.39, 0.29) is 11.6 Å². The Kier molecular flexibility index (Phi) is 6.32. The van der Waals surface area contributed by atoms with E-state index in [9.17, 15) is 4.79 Å². The second kappa shape index (κ2) is 9.08. The lowest BCUT2D eigenvalue weighted by Crippen LogP contribution is -2.06. The second-order valence-electron chi connectivity index (χ2n) is 5.83. The largest absolute Gasteiger partial charge is 0.493 e. The monoisotopic (exact) mass is 381 g/mol. The Balaban J connectivity index is 1.93. The van der Waals surface area contributed by atoms with Crippen molar-refractivity contribution in [1.29, 1.82) is 0 Å². The number of hydrogen-bond acceptors (Lipinski definition) is 6. The highest BCUT2D eigenvalue weighted by molar-refractivity contribution is 6.13. The minimum atomic E-state index is -0.506. The minimum absolute atomic E-state index is 0.217. The lowest BCUT2D eigenvalue weighted by Gasteiger charge is -2.11. The summed E-state index contributed by atoms with van der Waals surface area (Å²) in [6.45, 7) is 7.27. The van der Waals surface area contributed by atoms with Crippen LogP contribution in [0.1, 0.15) is 31.9 Å². The molecule has 0 unspecified atom stereocenters. The van der Waals surface area contributed by atoms with Gasteiger partial charge in [-0.3, -0.25) is 0 Å². The molecule has 0 atom stereocenters. The van der Waals surface area contributed by atoms with Crippen molar-refractivity contribution in [2.75, 3.05) is 19.8 Å². The molecule has 6 nitrogen and oxygen atoms in total. The highest BCUT2D eigenvalue weighted by Gasteiger charge is 2.25. The van der Waals surface area contributed by atoms with Crippen LogP contribution in [-0.4, -0.2) is 31.7 Å². The van der Waals surface area contributed by atoms with Gasteiger partial charge in [-0.15, -0.1) is 0 Å². The molecule has 1 heterocycles. The van der Waals surface area contributed by atoms with Gasteiger partial charge in [-0.05, 0) is 51.1 Å². The zero-order valence-electron chi connectivity index (χ0n) is 16.2. The van der Waals surface area contributed by atoms with Crippen LogP contribution in [0.5, 0.6) is 17.2 Å². The summed E-state index contributed by atoms with van der Waals surface area (Å²) in [7, 11) is 0. The molecule has 0 spiro atoms. The van der Waals surface area contributed by atoms with Crippen molar-refractivity contribution < 1.29 is 23.7 Å². The van der Waals surface area contributed by atoms with Gasteiger partial charge in [0.15, 0.2) is 17.2 Å². The average Bonchev–Trinajstić information content (AvgIpc) is 3.06. The maximum absolute atomic E-state index is 12.3. The van der Waals surface area contributed by atoms with Gasteiger partial charge in [0.1, 0.15) is 5.75 Å². The molecule has 1 aliphatic rings. The Bertz CT molecular complexity index is 917. The fourth-order valence-corrected chi connectivity index (χ4v) is 2.75. The van der Waals surface area contributed by atoms with Crippen LogP contribution in [0, 0.1) is 0 Å². The minimum Gasteiger partial charge on any atom is -0.493 e. The molecule has 0 bridgehead atoms. The predicted octanol–water partition coefficient (Wildman–Crippen LogP) is 4.23. The van der Waals surface area contributed by atoms with Crippen molar-refractivity contribution in [1.82, 2.24) is 0 Å². The Labute approximate surface area is 164 Å². The normalized spacial score (nSPS) is 14.6. The summed E-state index contributed by atoms with van der Waals surface area (Å²) in [6, 6.07) is 12.8. The summed E-state index contributed by atoms with van der Waals surface area (Å²) in [5, 5.41) is 0. The number of carbonyl (C=O) groups is 1. The number of aliphatic imine (C=N–C) groups is 1. The van der Waals surface area contributed by atoms with Crippen molar-refractivity contribution in [3.05, 3.63) is 59.3 Å². The molecule has 0 aliphatic carbocycles. The van der Waals surface area contributed by atoms with Crippen LogP contribution in [0.25, 0.3) is 6.08 Å². The number of nitrogens with zero attached hydrogens (tertiary/aromatic N) is 1. The highest BCUT2D eigenvalue weighted by atomic mass is 16.6. The molecule has 3 rings (SSSR count). The van der Waals surface area contributed by atoms with Crippen LogP contribution in [0.3, 0.4) is 0 Å². The Hall–Kier alpha value is -3.28. The molecule has 28 heavy (non-hydrogen) atoms. The first-order valence-electron chi connectivity index (χ1n) is 9.30. The molecule has 146 valence electrons. The summed E-state index contributed by atoms with van der Waals surface area (Å²) < 4.78 is 22.2. The molecule has 1 aliphatic heterocycles. The van der Waals surface area contributed by atoms with E-state index in [1.54, 1.807) is 24.3 Å². The summed E-state index contributed by atoms with van der Waals surface area (Å²) in [4.78, 5) is 16.7. The van der Waals surface area contributed by atoms with E-state index < -0.39 is 5.97 Å². The maximum atomic E-state index is 12.3. The quantitative estimate of drug-likeness (QED) is 0.506. The van der Waals surface area contributed by atoms with Gasteiger partial charge in [0.25, 0.3) is 0 Å². The van der Waals surface area contributed by atoms with E-state index in [0.29, 0.717) is 42.6 Å². The van der Waals surface area contributed by atoms with Crippen molar-refractivity contribution in [3.8, 4) is 17.2 Å². The van der Waals surface area contributed by atoms with Crippen LogP contribution >= 0.6 is 0 Å². The average molecular weight is 381 g/mol. The van der Waals surface area contributed by atoms with Gasteiger partial charge in [-0.1, -0.05) is 18.2 Å². The molecule has 0 saturated carbocycles. The predicted molar refractivity (Wildman–Crippen MR) is 107 cm³/mol. The van der Waals surface area contributed by atoms with E-state index >= 15 is 0 Å². The molecule has 0 fully saturated rings. The van der Waals surface area contributed by atoms with Gasteiger partial charge in [0.2, 0.25) is 5.90 Å². The van der Waals surface area contributed by atoms with E-state index in [2.05, 4.69) is 4.99 Å². The highest BCUT2D eigenvalue weighted by Crippen LogP contribution is 2.31. The standard InChI is InChI=1S/C22H23NO5/c1-4-25-18-10-8-7-9-15(18)13-17-22(24)28-21(23-17)16-11-12-19(26-5-2)20(14-16)27-6-3/h7-14H,4-6H2,1-3H3. The number of para-hydroxylation sites is 1. The number of benzene rings is 2. The number of carbonyl (C=O) groups excluding carboxylic acids is 1. The molecule has 0 N–H and O–H groups in total. The third-order valence-corrected chi connectivity index (χ3v) is 3.92. The number of rotatable bonds is 8. The van der Waals surface area contributed by atoms with E-state index in [0.717, 1.165) is 5.56 Å². The maximum Gasteiger partial charge on any atom is 0.363 e. The first-order valence-corrected chi connectivity index (χ1v) is 9.30. The summed E-state index contributed by atoms with van der Waals surface area (Å²) >= 11 is 0. The van der Waals surface area contributed by atoms with Gasteiger partial charge in [0.05, 0.1) is 19.8 Å². The zero-order chi connectivity index (χ0) is 19.9. The number of hydrogen-bond donors (Lipinski definition) is 0. The topological polar surface area (TPSA) is 66.3 Å². The molecule has 2 aromatic rings. The first-order chi connectivity index (χ1) is 13.7. The number of ether oxygens (including phenoxy) is 4. The third kappa shape index (κ3) is 4.34. The SMILES string of the molecule is CCOc1ccccc1C=C1N=C(c2ccc(OCC)c(OCC)c2)OC1=O. The molecule has 0 aromatic heterocycles. The van der Waals surface area contributed by atoms with Crippen molar-refractivity contribution in [2.45, 2.75) is 20.8 Å². The Morgan fingerprint density at radius 3 is 2.32 bits per heavy atom. The lowest BCUT2D eigenvalue weighted by atomic mass is 10.1.